The van der Waals surface area contributed by atoms with Crippen LogP contribution in [0.1, 0.15) is 33.8 Å². The van der Waals surface area contributed by atoms with Gasteiger partial charge in [0.15, 0.2) is 0 Å². The molecule has 2 unspecified atom stereocenters. The van der Waals surface area contributed by atoms with E-state index in [1.54, 1.807) is 37.6 Å². The van der Waals surface area contributed by atoms with Gasteiger partial charge in [-0.15, -0.1) is 0 Å². The normalized spacial score (nSPS) is 12.8. The number of aryl methyl sites for hydroxylation is 1. The van der Waals surface area contributed by atoms with Gasteiger partial charge in [-0.3, -0.25) is 14.0 Å². The first-order valence-electron chi connectivity index (χ1n) is 8.73. The highest BCUT2D eigenvalue weighted by Crippen LogP contribution is 2.32. The lowest BCUT2D eigenvalue weighted by Gasteiger charge is -2.16. The van der Waals surface area contributed by atoms with Crippen LogP contribution < -0.4 is 10.1 Å². The second kappa shape index (κ2) is 8.75. The van der Waals surface area contributed by atoms with Gasteiger partial charge in [-0.25, -0.2) is 4.98 Å². The molecule has 0 spiro atoms. The summed E-state index contributed by atoms with van der Waals surface area (Å²) in [4.78, 5) is 21.2. The molecule has 144 valence electrons. The van der Waals surface area contributed by atoms with Crippen molar-refractivity contribution < 1.29 is 13.7 Å². The van der Waals surface area contributed by atoms with Gasteiger partial charge in [-0.2, -0.15) is 0 Å². The first-order chi connectivity index (χ1) is 13.5. The van der Waals surface area contributed by atoms with Crippen LogP contribution in [0.5, 0.6) is 5.75 Å². The number of ether oxygens (including phenoxy) is 1. The van der Waals surface area contributed by atoms with Crippen molar-refractivity contribution in [3.8, 4) is 5.75 Å². The quantitative estimate of drug-likeness (QED) is 0.684. The van der Waals surface area contributed by atoms with Crippen molar-refractivity contribution in [1.82, 2.24) is 9.97 Å². The van der Waals surface area contributed by atoms with E-state index >= 15 is 0 Å². The summed E-state index contributed by atoms with van der Waals surface area (Å²) in [7, 11) is 0.0244. The van der Waals surface area contributed by atoms with Crippen molar-refractivity contribution >= 4 is 22.4 Å². The van der Waals surface area contributed by atoms with Crippen molar-refractivity contribution in [1.29, 1.82) is 0 Å². The predicted octanol–water partition coefficient (Wildman–Crippen LogP) is 3.91. The molecular weight excluding hydrogens is 374 g/mol. The Bertz CT molecular complexity index is 1020. The number of carbonyl (C=O) groups excluding carboxylic acids is 1. The summed E-state index contributed by atoms with van der Waals surface area (Å²) in [6, 6.07) is 14.2. The molecule has 0 saturated carbocycles. The van der Waals surface area contributed by atoms with Crippen LogP contribution in [-0.4, -0.2) is 27.2 Å². The molecule has 0 aliphatic heterocycles. The number of benzene rings is 1. The van der Waals surface area contributed by atoms with Gasteiger partial charge in [-0.05, 0) is 44.2 Å². The maximum absolute atomic E-state index is 13.2. The fourth-order valence-electron chi connectivity index (χ4n) is 2.83. The van der Waals surface area contributed by atoms with Crippen LogP contribution in [0, 0.1) is 6.92 Å². The average Bonchev–Trinajstić information content (AvgIpc) is 2.72. The van der Waals surface area contributed by atoms with Gasteiger partial charge < -0.3 is 10.1 Å². The zero-order valence-electron chi connectivity index (χ0n) is 15.9. The Morgan fingerprint density at radius 1 is 1.11 bits per heavy atom. The fourth-order valence-corrected chi connectivity index (χ4v) is 4.13. The molecule has 1 amide bonds. The van der Waals surface area contributed by atoms with E-state index < -0.39 is 16.0 Å². The van der Waals surface area contributed by atoms with Crippen molar-refractivity contribution in [2.45, 2.75) is 24.1 Å². The van der Waals surface area contributed by atoms with E-state index in [-0.39, 0.29) is 16.5 Å². The highest BCUT2D eigenvalue weighted by atomic mass is 32.2. The van der Waals surface area contributed by atoms with E-state index in [4.69, 9.17) is 4.74 Å². The molecule has 2 atom stereocenters. The van der Waals surface area contributed by atoms with E-state index in [0.717, 1.165) is 11.3 Å². The van der Waals surface area contributed by atoms with Crippen molar-refractivity contribution in [3.05, 3.63) is 77.7 Å². The van der Waals surface area contributed by atoms with Gasteiger partial charge in [-0.1, -0.05) is 18.2 Å². The van der Waals surface area contributed by atoms with Crippen LogP contribution in [0.25, 0.3) is 0 Å². The Morgan fingerprint density at radius 2 is 1.89 bits per heavy atom. The topological polar surface area (TPSA) is 81.2 Å². The van der Waals surface area contributed by atoms with Crippen LogP contribution in [0.2, 0.25) is 0 Å². The summed E-state index contributed by atoms with van der Waals surface area (Å²) >= 11 is 0. The summed E-state index contributed by atoms with van der Waals surface area (Å²) in [6.45, 7) is 3.67. The number of hydrogen-bond donors (Lipinski definition) is 1. The summed E-state index contributed by atoms with van der Waals surface area (Å²) in [5.74, 6) is 0.284. The lowest BCUT2D eigenvalue weighted by Crippen LogP contribution is -2.17. The van der Waals surface area contributed by atoms with Gasteiger partial charge in [0.25, 0.3) is 5.91 Å². The number of anilines is 1. The molecule has 0 fully saturated rings. The molecule has 0 aliphatic rings. The van der Waals surface area contributed by atoms with Crippen LogP contribution in [-0.2, 0) is 10.8 Å². The zero-order chi connectivity index (χ0) is 20.1. The summed E-state index contributed by atoms with van der Waals surface area (Å²) < 4.78 is 18.6. The molecular formula is C21H21N3O3S. The number of para-hydroxylation sites is 1. The van der Waals surface area contributed by atoms with E-state index in [9.17, 15) is 9.00 Å². The average molecular weight is 395 g/mol. The Kier molecular flexibility index (Phi) is 6.16. The van der Waals surface area contributed by atoms with Crippen molar-refractivity contribution in [2.24, 2.45) is 0 Å². The first kappa shape index (κ1) is 19.7. The van der Waals surface area contributed by atoms with E-state index in [1.165, 1.54) is 6.20 Å². The number of amides is 1. The monoisotopic (exact) mass is 395 g/mol. The molecule has 2 aromatic heterocycles. The Hall–Kier alpha value is -3.06. The smallest absolute Gasteiger partial charge is 0.258 e. The molecule has 0 bridgehead atoms. The lowest BCUT2D eigenvalue weighted by atomic mass is 10.1. The zero-order valence-corrected chi connectivity index (χ0v) is 16.7. The van der Waals surface area contributed by atoms with Gasteiger partial charge in [0, 0.05) is 29.3 Å². The van der Waals surface area contributed by atoms with Gasteiger partial charge >= 0.3 is 0 Å². The molecule has 7 heteroatoms. The number of nitrogens with one attached hydrogen (secondary N) is 1. The standard InChI is InChI=1S/C21H21N3O3S/c1-14-13-16(10-12-22-14)24-20(25)18-8-6-11-23-21(18)28(26)15(2)17-7-4-5-9-19(17)27-3/h4-13,15H,1-3H3,(H,22,24,25). The molecule has 0 aliphatic carbocycles. The van der Waals surface area contributed by atoms with Crippen molar-refractivity contribution in [3.63, 3.8) is 0 Å². The molecule has 1 aromatic carbocycles. The number of pyridine rings is 2. The third-order valence-electron chi connectivity index (χ3n) is 4.26. The summed E-state index contributed by atoms with van der Waals surface area (Å²) in [6.07, 6.45) is 3.16. The number of carbonyl (C=O) groups is 1. The Labute approximate surface area is 166 Å². The Balaban J connectivity index is 1.91. The summed E-state index contributed by atoms with van der Waals surface area (Å²) in [5, 5.41) is 2.66. The van der Waals surface area contributed by atoms with E-state index in [2.05, 4.69) is 15.3 Å². The van der Waals surface area contributed by atoms with Crippen LogP contribution in [0.4, 0.5) is 5.69 Å². The largest absolute Gasteiger partial charge is 0.496 e. The predicted molar refractivity (Wildman–Crippen MR) is 109 cm³/mol. The number of nitrogens with zero attached hydrogens (tertiary/aromatic N) is 2. The maximum Gasteiger partial charge on any atom is 0.258 e. The maximum atomic E-state index is 13.2. The first-order valence-corrected chi connectivity index (χ1v) is 9.95. The summed E-state index contributed by atoms with van der Waals surface area (Å²) in [5.41, 5.74) is 2.48. The number of methoxy groups -OCH3 is 1. The van der Waals surface area contributed by atoms with Crippen LogP contribution >= 0.6 is 0 Å². The van der Waals surface area contributed by atoms with E-state index in [0.29, 0.717) is 11.4 Å². The number of rotatable bonds is 6. The second-order valence-electron chi connectivity index (χ2n) is 6.18. The molecule has 6 nitrogen and oxygen atoms in total. The number of aromatic nitrogens is 2. The minimum atomic E-state index is -1.55. The molecule has 1 N–H and O–H groups in total. The molecule has 3 aromatic rings. The lowest BCUT2D eigenvalue weighted by molar-refractivity contribution is 0.102. The molecule has 0 radical (unpaired) electrons. The van der Waals surface area contributed by atoms with Gasteiger partial charge in [0.05, 0.1) is 28.7 Å². The molecule has 3 rings (SSSR count). The van der Waals surface area contributed by atoms with Gasteiger partial charge in [0.1, 0.15) is 10.8 Å². The second-order valence-corrected chi connectivity index (χ2v) is 7.87. The molecule has 0 saturated heterocycles. The third kappa shape index (κ3) is 4.26. The number of hydrogen-bond acceptors (Lipinski definition) is 5. The van der Waals surface area contributed by atoms with Crippen LogP contribution in [0.3, 0.4) is 0 Å². The third-order valence-corrected chi connectivity index (χ3v) is 5.86. The minimum Gasteiger partial charge on any atom is -0.496 e. The highest BCUT2D eigenvalue weighted by molar-refractivity contribution is 7.85. The van der Waals surface area contributed by atoms with E-state index in [1.807, 2.05) is 38.1 Å². The highest BCUT2D eigenvalue weighted by Gasteiger charge is 2.24. The van der Waals surface area contributed by atoms with Gasteiger partial charge in [0.2, 0.25) is 0 Å². The molecule has 28 heavy (non-hydrogen) atoms. The fraction of sp³-hybridized carbons (Fsp3) is 0.190. The van der Waals surface area contributed by atoms with Crippen LogP contribution in [0.15, 0.2) is 66.0 Å². The Morgan fingerprint density at radius 3 is 2.64 bits per heavy atom. The van der Waals surface area contributed by atoms with Crippen molar-refractivity contribution in [2.75, 3.05) is 12.4 Å². The molecule has 2 heterocycles. The minimum absolute atomic E-state index is 0.240. The SMILES string of the molecule is COc1ccccc1C(C)S(=O)c1ncccc1C(=O)Nc1ccnc(C)c1.